The topological polar surface area (TPSA) is 117 Å². The first-order valence-corrected chi connectivity index (χ1v) is 9.95. The van der Waals surface area contributed by atoms with E-state index in [1.165, 1.54) is 18.2 Å². The van der Waals surface area contributed by atoms with E-state index >= 15 is 0 Å². The summed E-state index contributed by atoms with van der Waals surface area (Å²) in [6.07, 6.45) is 0. The van der Waals surface area contributed by atoms with Crippen molar-refractivity contribution >= 4 is 50.3 Å². The van der Waals surface area contributed by atoms with E-state index in [9.17, 15) is 13.2 Å². The van der Waals surface area contributed by atoms with Crippen LogP contribution in [0.2, 0.25) is 0 Å². The number of hydrazone groups is 1. The van der Waals surface area contributed by atoms with Crippen LogP contribution >= 0.6 is 12.2 Å². The van der Waals surface area contributed by atoms with Crippen LogP contribution in [0.1, 0.15) is 12.5 Å². The van der Waals surface area contributed by atoms with Crippen molar-refractivity contribution in [2.75, 3.05) is 16.8 Å². The number of hydrogen-bond donors (Lipinski definition) is 3. The molecule has 1 aliphatic heterocycles. The lowest BCUT2D eigenvalue weighted by Crippen LogP contribution is -2.32. The number of carbonyl (C=O) groups is 1. The van der Waals surface area contributed by atoms with Crippen molar-refractivity contribution in [1.29, 1.82) is 0 Å². The Labute approximate surface area is 162 Å². The monoisotopic (exact) mass is 403 g/mol. The molecule has 0 saturated carbocycles. The third-order valence-corrected chi connectivity index (χ3v) is 5.01. The first-order chi connectivity index (χ1) is 12.8. The minimum Gasteiger partial charge on any atom is -0.331 e. The van der Waals surface area contributed by atoms with Gasteiger partial charge in [-0.25, -0.2) is 13.6 Å². The van der Waals surface area contributed by atoms with Crippen molar-refractivity contribution < 1.29 is 13.2 Å². The second-order valence-corrected chi connectivity index (χ2v) is 7.64. The van der Waals surface area contributed by atoms with E-state index in [2.05, 4.69) is 15.8 Å². The lowest BCUT2D eigenvalue weighted by atomic mass is 10.1. The Morgan fingerprint density at radius 3 is 2.67 bits per heavy atom. The van der Waals surface area contributed by atoms with Gasteiger partial charge in [-0.3, -0.25) is 10.2 Å². The third-order valence-electron chi connectivity index (χ3n) is 3.90. The molecule has 10 heteroatoms. The van der Waals surface area contributed by atoms with Crippen LogP contribution in [-0.4, -0.2) is 31.7 Å². The number of primary sulfonamides is 1. The maximum atomic E-state index is 12.5. The summed E-state index contributed by atoms with van der Waals surface area (Å²) in [5.74, 6) is -0.217. The number of nitrogens with zero attached hydrogens (tertiary/aromatic N) is 2. The number of thiocarbonyl (C=S) groups is 1. The predicted octanol–water partition coefficient (Wildman–Crippen LogP) is 1.39. The van der Waals surface area contributed by atoms with Crippen molar-refractivity contribution in [1.82, 2.24) is 5.43 Å². The summed E-state index contributed by atoms with van der Waals surface area (Å²) >= 11 is 5.17. The molecular weight excluding hydrogens is 386 g/mol. The van der Waals surface area contributed by atoms with Gasteiger partial charge in [-0.2, -0.15) is 5.10 Å². The molecule has 140 valence electrons. The average Bonchev–Trinajstić information content (AvgIpc) is 2.90. The first kappa shape index (κ1) is 19.0. The number of nitrogens with two attached hydrogens (primary N) is 1. The summed E-state index contributed by atoms with van der Waals surface area (Å²) in [5, 5.41) is 12.2. The molecule has 1 heterocycles. The highest BCUT2D eigenvalue weighted by Crippen LogP contribution is 2.28. The number of benzene rings is 2. The molecule has 4 N–H and O–H groups in total. The standard InChI is InChI=1S/C17H17N5O3S2/c1-2-22-14-9-4-3-8-13(14)15(16(22)23)20-21-17(26)19-11-6-5-7-12(10-11)27(18,24)25/h3-10H,2H2,1H3,(H2,18,24,25)(H2,19,21,26)/b20-15-. The molecule has 0 bridgehead atoms. The van der Waals surface area contributed by atoms with Crippen molar-refractivity contribution in [3.63, 3.8) is 0 Å². The van der Waals surface area contributed by atoms with E-state index < -0.39 is 10.0 Å². The van der Waals surface area contributed by atoms with E-state index in [-0.39, 0.29) is 21.6 Å². The Morgan fingerprint density at radius 2 is 1.96 bits per heavy atom. The quantitative estimate of drug-likeness (QED) is 0.525. The number of anilines is 2. The van der Waals surface area contributed by atoms with Crippen molar-refractivity contribution in [2.24, 2.45) is 10.2 Å². The van der Waals surface area contributed by atoms with E-state index in [4.69, 9.17) is 17.4 Å². The van der Waals surface area contributed by atoms with Gasteiger partial charge in [0, 0.05) is 17.8 Å². The Hall–Kier alpha value is -2.82. The Bertz CT molecular complexity index is 1050. The molecule has 2 aromatic rings. The molecule has 0 atom stereocenters. The maximum absolute atomic E-state index is 12.5. The summed E-state index contributed by atoms with van der Waals surface area (Å²) in [5.41, 5.74) is 4.83. The third kappa shape index (κ3) is 3.97. The van der Waals surface area contributed by atoms with Gasteiger partial charge in [0.15, 0.2) is 10.8 Å². The highest BCUT2D eigenvalue weighted by molar-refractivity contribution is 7.89. The summed E-state index contributed by atoms with van der Waals surface area (Å²) in [6, 6.07) is 13.3. The number of carbonyl (C=O) groups excluding carboxylic acids is 1. The zero-order valence-corrected chi connectivity index (χ0v) is 16.0. The van der Waals surface area contributed by atoms with Gasteiger partial charge in [0.25, 0.3) is 5.91 Å². The molecular formula is C17H17N5O3S2. The Balaban J connectivity index is 1.77. The zero-order valence-electron chi connectivity index (χ0n) is 14.3. The number of amides is 1. The minimum absolute atomic E-state index is 0.0416. The number of hydrogen-bond acceptors (Lipinski definition) is 5. The summed E-state index contributed by atoms with van der Waals surface area (Å²) in [7, 11) is -3.82. The SMILES string of the molecule is CCN1C(=O)/C(=N\NC(=S)Nc2cccc(S(N)(=O)=O)c2)c2ccccc21. The molecule has 3 rings (SSSR count). The van der Waals surface area contributed by atoms with Crippen LogP contribution in [0.4, 0.5) is 11.4 Å². The zero-order chi connectivity index (χ0) is 19.6. The van der Waals surface area contributed by atoms with Crippen LogP contribution < -0.4 is 20.8 Å². The smallest absolute Gasteiger partial charge is 0.279 e. The highest BCUT2D eigenvalue weighted by atomic mass is 32.2. The van der Waals surface area contributed by atoms with Gasteiger partial charge >= 0.3 is 0 Å². The van der Waals surface area contributed by atoms with Gasteiger partial charge in [-0.1, -0.05) is 24.3 Å². The molecule has 0 spiro atoms. The number of likely N-dealkylation sites (N-methyl/N-ethyl adjacent to an activating group) is 1. The number of para-hydroxylation sites is 1. The molecule has 1 amide bonds. The van der Waals surface area contributed by atoms with Crippen LogP contribution in [0.15, 0.2) is 58.5 Å². The van der Waals surface area contributed by atoms with Gasteiger partial charge in [0.2, 0.25) is 10.0 Å². The van der Waals surface area contributed by atoms with Crippen LogP contribution in [0.25, 0.3) is 0 Å². The molecule has 2 aromatic carbocycles. The van der Waals surface area contributed by atoms with Crippen LogP contribution in [-0.2, 0) is 14.8 Å². The van der Waals surface area contributed by atoms with Crippen molar-refractivity contribution in [3.8, 4) is 0 Å². The van der Waals surface area contributed by atoms with E-state index in [0.29, 0.717) is 12.2 Å². The Kier molecular flexibility index (Phi) is 5.22. The van der Waals surface area contributed by atoms with E-state index in [1.54, 1.807) is 11.0 Å². The predicted molar refractivity (Wildman–Crippen MR) is 108 cm³/mol. The molecule has 0 saturated heterocycles. The summed E-state index contributed by atoms with van der Waals surface area (Å²) in [4.78, 5) is 14.1. The lowest BCUT2D eigenvalue weighted by Gasteiger charge is -2.13. The molecule has 1 aliphatic rings. The number of sulfonamides is 1. The number of fused-ring (bicyclic) bond motifs is 1. The lowest BCUT2D eigenvalue weighted by molar-refractivity contribution is -0.112. The fourth-order valence-electron chi connectivity index (χ4n) is 2.70. The fraction of sp³-hybridized carbons (Fsp3) is 0.118. The highest BCUT2D eigenvalue weighted by Gasteiger charge is 2.32. The molecule has 0 aromatic heterocycles. The first-order valence-electron chi connectivity index (χ1n) is 8.00. The van der Waals surface area contributed by atoms with Crippen LogP contribution in [0.3, 0.4) is 0 Å². The fourth-order valence-corrected chi connectivity index (χ4v) is 3.42. The van der Waals surface area contributed by atoms with Crippen molar-refractivity contribution in [2.45, 2.75) is 11.8 Å². The number of rotatable bonds is 4. The second kappa shape index (κ2) is 7.43. The molecule has 0 radical (unpaired) electrons. The normalized spacial score (nSPS) is 15.0. The maximum Gasteiger partial charge on any atom is 0.279 e. The molecule has 0 aliphatic carbocycles. The Morgan fingerprint density at radius 1 is 1.22 bits per heavy atom. The largest absolute Gasteiger partial charge is 0.331 e. The summed E-state index contributed by atoms with van der Waals surface area (Å²) < 4.78 is 22.8. The van der Waals surface area contributed by atoms with Crippen molar-refractivity contribution in [3.05, 3.63) is 54.1 Å². The van der Waals surface area contributed by atoms with E-state index in [0.717, 1.165) is 11.3 Å². The van der Waals surface area contributed by atoms with Crippen LogP contribution in [0.5, 0.6) is 0 Å². The van der Waals surface area contributed by atoms with E-state index in [1.807, 2.05) is 31.2 Å². The number of nitrogens with one attached hydrogen (secondary N) is 2. The van der Waals surface area contributed by atoms with Gasteiger partial charge in [-0.05, 0) is 43.4 Å². The molecule has 0 unspecified atom stereocenters. The minimum atomic E-state index is -3.82. The molecule has 27 heavy (non-hydrogen) atoms. The molecule has 0 fully saturated rings. The average molecular weight is 403 g/mol. The van der Waals surface area contributed by atoms with Gasteiger partial charge < -0.3 is 10.2 Å². The second-order valence-electron chi connectivity index (χ2n) is 5.67. The van der Waals surface area contributed by atoms with Gasteiger partial charge in [-0.15, -0.1) is 0 Å². The van der Waals surface area contributed by atoms with Gasteiger partial charge in [0.1, 0.15) is 0 Å². The molecule has 8 nitrogen and oxygen atoms in total. The van der Waals surface area contributed by atoms with Crippen LogP contribution in [0, 0.1) is 0 Å². The summed E-state index contributed by atoms with van der Waals surface area (Å²) in [6.45, 7) is 2.41. The van der Waals surface area contributed by atoms with Gasteiger partial charge in [0.05, 0.1) is 10.6 Å².